The molecule has 3 nitrogen and oxygen atoms in total. The minimum Gasteiger partial charge on any atom is -0.331 e. The van der Waals surface area contributed by atoms with Crippen LogP contribution in [0.5, 0.6) is 0 Å². The van der Waals surface area contributed by atoms with Gasteiger partial charge >= 0.3 is 0 Å². The van der Waals surface area contributed by atoms with E-state index in [1.165, 1.54) is 25.0 Å². The molecule has 0 atom stereocenters. The van der Waals surface area contributed by atoms with E-state index in [4.69, 9.17) is 0 Å². The van der Waals surface area contributed by atoms with Crippen molar-refractivity contribution in [1.82, 2.24) is 14.9 Å². The van der Waals surface area contributed by atoms with Crippen LogP contribution in [0, 0.1) is 6.92 Å². The van der Waals surface area contributed by atoms with Crippen molar-refractivity contribution in [3.05, 3.63) is 17.7 Å². The third-order valence-corrected chi connectivity index (χ3v) is 2.92. The SMILES string of the molecule is CCCCCn1c(CNC(C)(C)C)cnc1C. The highest BCUT2D eigenvalue weighted by atomic mass is 15.1. The molecule has 0 saturated heterocycles. The van der Waals surface area contributed by atoms with Crippen LogP contribution in [0.4, 0.5) is 0 Å². The third kappa shape index (κ3) is 4.90. The Balaban J connectivity index is 2.59. The Morgan fingerprint density at radius 1 is 1.29 bits per heavy atom. The summed E-state index contributed by atoms with van der Waals surface area (Å²) in [6, 6.07) is 0. The highest BCUT2D eigenvalue weighted by Gasteiger charge is 2.11. The molecule has 0 fully saturated rings. The summed E-state index contributed by atoms with van der Waals surface area (Å²) in [6.07, 6.45) is 5.81. The molecule has 1 N–H and O–H groups in total. The zero-order chi connectivity index (χ0) is 12.9. The van der Waals surface area contributed by atoms with Crippen molar-refractivity contribution in [2.75, 3.05) is 0 Å². The fourth-order valence-corrected chi connectivity index (χ4v) is 1.84. The molecule has 0 amide bonds. The van der Waals surface area contributed by atoms with Gasteiger partial charge in [0.25, 0.3) is 0 Å². The molecule has 1 aromatic heterocycles. The van der Waals surface area contributed by atoms with Gasteiger partial charge in [-0.15, -0.1) is 0 Å². The van der Waals surface area contributed by atoms with Crippen molar-refractivity contribution in [2.45, 2.75) is 72.5 Å². The highest BCUT2D eigenvalue weighted by Crippen LogP contribution is 2.09. The largest absolute Gasteiger partial charge is 0.331 e. The third-order valence-electron chi connectivity index (χ3n) is 2.92. The van der Waals surface area contributed by atoms with Crippen LogP contribution >= 0.6 is 0 Å². The molecule has 0 aliphatic rings. The summed E-state index contributed by atoms with van der Waals surface area (Å²) in [5, 5.41) is 3.52. The van der Waals surface area contributed by atoms with E-state index in [2.05, 4.69) is 49.5 Å². The Labute approximate surface area is 106 Å². The molecule has 0 bridgehead atoms. The second-order valence-electron chi connectivity index (χ2n) is 5.76. The fraction of sp³-hybridized carbons (Fsp3) is 0.786. The number of nitrogens with one attached hydrogen (secondary N) is 1. The molecule has 0 radical (unpaired) electrons. The molecule has 0 unspecified atom stereocenters. The predicted molar refractivity (Wildman–Crippen MR) is 73.1 cm³/mol. The fourth-order valence-electron chi connectivity index (χ4n) is 1.84. The van der Waals surface area contributed by atoms with Gasteiger partial charge in [-0.3, -0.25) is 0 Å². The van der Waals surface area contributed by atoms with Gasteiger partial charge in [0.05, 0.1) is 5.69 Å². The summed E-state index contributed by atoms with van der Waals surface area (Å²) >= 11 is 0. The van der Waals surface area contributed by atoms with Crippen molar-refractivity contribution in [1.29, 1.82) is 0 Å². The Morgan fingerprint density at radius 2 is 2.00 bits per heavy atom. The highest BCUT2D eigenvalue weighted by molar-refractivity contribution is 5.04. The van der Waals surface area contributed by atoms with E-state index >= 15 is 0 Å². The quantitative estimate of drug-likeness (QED) is 0.770. The minimum absolute atomic E-state index is 0.159. The van der Waals surface area contributed by atoms with Crippen molar-refractivity contribution in [2.24, 2.45) is 0 Å². The maximum Gasteiger partial charge on any atom is 0.105 e. The van der Waals surface area contributed by atoms with E-state index in [1.807, 2.05) is 6.20 Å². The van der Waals surface area contributed by atoms with E-state index in [0.717, 1.165) is 18.9 Å². The summed E-state index contributed by atoms with van der Waals surface area (Å²) < 4.78 is 2.34. The molecular formula is C14H27N3. The van der Waals surface area contributed by atoms with E-state index in [1.54, 1.807) is 0 Å². The summed E-state index contributed by atoms with van der Waals surface area (Å²) in [5.41, 5.74) is 1.46. The molecule has 1 aromatic rings. The Morgan fingerprint density at radius 3 is 2.59 bits per heavy atom. The smallest absolute Gasteiger partial charge is 0.105 e. The zero-order valence-electron chi connectivity index (χ0n) is 12.0. The first-order valence-electron chi connectivity index (χ1n) is 6.70. The first-order chi connectivity index (χ1) is 7.94. The van der Waals surface area contributed by atoms with E-state index < -0.39 is 0 Å². The lowest BCUT2D eigenvalue weighted by molar-refractivity contribution is 0.413. The topological polar surface area (TPSA) is 29.9 Å². The Kier molecular flexibility index (Phi) is 5.19. The lowest BCUT2D eigenvalue weighted by Crippen LogP contribution is -2.35. The van der Waals surface area contributed by atoms with Gasteiger partial charge in [0, 0.05) is 24.8 Å². The van der Waals surface area contributed by atoms with Gasteiger partial charge in [-0.25, -0.2) is 4.98 Å². The van der Waals surface area contributed by atoms with Crippen LogP contribution in [-0.4, -0.2) is 15.1 Å². The van der Waals surface area contributed by atoms with Crippen molar-refractivity contribution in [3.63, 3.8) is 0 Å². The first kappa shape index (κ1) is 14.2. The van der Waals surface area contributed by atoms with Gasteiger partial charge in [0.15, 0.2) is 0 Å². The maximum absolute atomic E-state index is 4.42. The number of aryl methyl sites for hydroxylation is 1. The van der Waals surface area contributed by atoms with Crippen LogP contribution in [0.3, 0.4) is 0 Å². The molecule has 0 aromatic carbocycles. The van der Waals surface area contributed by atoms with Crippen molar-refractivity contribution >= 4 is 0 Å². The van der Waals surface area contributed by atoms with Crippen LogP contribution < -0.4 is 5.32 Å². The lowest BCUT2D eigenvalue weighted by atomic mass is 10.1. The number of aromatic nitrogens is 2. The Hall–Kier alpha value is -0.830. The predicted octanol–water partition coefficient (Wildman–Crippen LogP) is 3.27. The number of unbranched alkanes of at least 4 members (excludes halogenated alkanes) is 2. The van der Waals surface area contributed by atoms with Crippen molar-refractivity contribution in [3.8, 4) is 0 Å². The molecule has 0 aliphatic heterocycles. The minimum atomic E-state index is 0.159. The maximum atomic E-state index is 4.42. The summed E-state index contributed by atoms with van der Waals surface area (Å²) in [4.78, 5) is 4.42. The van der Waals surface area contributed by atoms with Gasteiger partial charge in [-0.05, 0) is 34.1 Å². The summed E-state index contributed by atoms with van der Waals surface area (Å²) in [7, 11) is 0. The van der Waals surface area contributed by atoms with Gasteiger partial charge in [-0.1, -0.05) is 19.8 Å². The molecule has 0 saturated carbocycles. The van der Waals surface area contributed by atoms with E-state index in [9.17, 15) is 0 Å². The van der Waals surface area contributed by atoms with Crippen molar-refractivity contribution < 1.29 is 0 Å². The number of imidazole rings is 1. The lowest BCUT2D eigenvalue weighted by Gasteiger charge is -2.21. The zero-order valence-corrected chi connectivity index (χ0v) is 12.0. The van der Waals surface area contributed by atoms with Gasteiger partial charge < -0.3 is 9.88 Å². The molecular weight excluding hydrogens is 210 g/mol. The number of nitrogens with zero attached hydrogens (tertiary/aromatic N) is 2. The van der Waals surface area contributed by atoms with Gasteiger partial charge in [0.1, 0.15) is 5.82 Å². The average molecular weight is 237 g/mol. The van der Waals surface area contributed by atoms with Crippen LogP contribution in [0.15, 0.2) is 6.20 Å². The van der Waals surface area contributed by atoms with Crippen LogP contribution in [0.1, 0.15) is 58.5 Å². The standard InChI is InChI=1S/C14H27N3/c1-6-7-8-9-17-12(2)15-10-13(17)11-16-14(3,4)5/h10,16H,6-9,11H2,1-5H3. The molecule has 98 valence electrons. The van der Waals surface area contributed by atoms with Crippen LogP contribution in [-0.2, 0) is 13.1 Å². The summed E-state index contributed by atoms with van der Waals surface area (Å²) in [6.45, 7) is 12.9. The molecule has 1 rings (SSSR count). The molecule has 17 heavy (non-hydrogen) atoms. The second kappa shape index (κ2) is 6.20. The monoisotopic (exact) mass is 237 g/mol. The normalized spacial score (nSPS) is 12.1. The Bertz CT molecular complexity index is 334. The van der Waals surface area contributed by atoms with Gasteiger partial charge in [0.2, 0.25) is 0 Å². The molecule has 3 heteroatoms. The van der Waals surface area contributed by atoms with E-state index in [0.29, 0.717) is 0 Å². The number of hydrogen-bond acceptors (Lipinski definition) is 2. The average Bonchev–Trinajstić information content (AvgIpc) is 2.57. The number of hydrogen-bond donors (Lipinski definition) is 1. The molecule has 1 heterocycles. The first-order valence-corrected chi connectivity index (χ1v) is 6.70. The second-order valence-corrected chi connectivity index (χ2v) is 5.76. The molecule has 0 aliphatic carbocycles. The van der Waals surface area contributed by atoms with Crippen LogP contribution in [0.25, 0.3) is 0 Å². The number of rotatable bonds is 6. The van der Waals surface area contributed by atoms with Gasteiger partial charge in [-0.2, -0.15) is 0 Å². The molecule has 0 spiro atoms. The van der Waals surface area contributed by atoms with Crippen LogP contribution in [0.2, 0.25) is 0 Å². The summed E-state index contributed by atoms with van der Waals surface area (Å²) in [5.74, 6) is 1.13. The van der Waals surface area contributed by atoms with E-state index in [-0.39, 0.29) is 5.54 Å².